The summed E-state index contributed by atoms with van der Waals surface area (Å²) in [5.41, 5.74) is 0. The Kier molecular flexibility index (Phi) is 2.69. The zero-order valence-corrected chi connectivity index (χ0v) is 7.40. The van der Waals surface area contributed by atoms with Gasteiger partial charge in [-0.3, -0.25) is 4.79 Å². The van der Waals surface area contributed by atoms with Crippen LogP contribution in [0.25, 0.3) is 0 Å². The highest BCUT2D eigenvalue weighted by atomic mass is 16.3. The third kappa shape index (κ3) is 1.76. The van der Waals surface area contributed by atoms with Crippen molar-refractivity contribution in [3.63, 3.8) is 0 Å². The minimum atomic E-state index is -0.919. The summed E-state index contributed by atoms with van der Waals surface area (Å²) in [6.07, 6.45) is -1.31. The number of β-amino-alcohol motifs (C(OH)–C–C–N with tert-alkyl or cyclic N) is 1. The molecule has 0 radical (unpaired) electrons. The van der Waals surface area contributed by atoms with Gasteiger partial charge in [-0.25, -0.2) is 0 Å². The summed E-state index contributed by atoms with van der Waals surface area (Å²) in [5, 5.41) is 18.3. The van der Waals surface area contributed by atoms with E-state index in [9.17, 15) is 9.90 Å². The molecule has 1 amide bonds. The maximum atomic E-state index is 11.3. The van der Waals surface area contributed by atoms with E-state index in [0.29, 0.717) is 13.1 Å². The van der Waals surface area contributed by atoms with Crippen LogP contribution in [0.15, 0.2) is 0 Å². The molecule has 1 rings (SSSR count). The van der Waals surface area contributed by atoms with E-state index in [2.05, 4.69) is 0 Å². The van der Waals surface area contributed by atoms with Crippen molar-refractivity contribution >= 4 is 5.91 Å². The highest BCUT2D eigenvalue weighted by molar-refractivity contribution is 5.81. The first-order chi connectivity index (χ1) is 5.52. The van der Waals surface area contributed by atoms with Crippen molar-refractivity contribution in [2.45, 2.75) is 26.1 Å². The van der Waals surface area contributed by atoms with E-state index in [-0.39, 0.29) is 11.8 Å². The van der Waals surface area contributed by atoms with E-state index in [0.717, 1.165) is 0 Å². The average Bonchev–Trinajstić information content (AvgIpc) is 1.95. The van der Waals surface area contributed by atoms with Crippen molar-refractivity contribution in [3.05, 3.63) is 0 Å². The van der Waals surface area contributed by atoms with E-state index >= 15 is 0 Å². The third-order valence-electron chi connectivity index (χ3n) is 2.06. The monoisotopic (exact) mass is 173 g/mol. The molecule has 1 fully saturated rings. The number of aliphatic hydroxyl groups is 2. The molecule has 1 aliphatic rings. The molecule has 0 spiro atoms. The van der Waals surface area contributed by atoms with Crippen LogP contribution in [0.2, 0.25) is 0 Å². The molecule has 0 aromatic rings. The first kappa shape index (κ1) is 9.48. The van der Waals surface area contributed by atoms with E-state index in [1.54, 1.807) is 13.8 Å². The molecule has 2 N–H and O–H groups in total. The van der Waals surface area contributed by atoms with Gasteiger partial charge in [0.25, 0.3) is 5.91 Å². The second-order valence-electron chi connectivity index (χ2n) is 3.59. The van der Waals surface area contributed by atoms with E-state index in [4.69, 9.17) is 5.11 Å². The maximum Gasteiger partial charge on any atom is 0.251 e. The molecular formula is C8H15NO3. The number of carbonyl (C=O) groups is 1. The number of nitrogens with zero attached hydrogens (tertiary/aromatic N) is 1. The molecular weight excluding hydrogens is 158 g/mol. The zero-order valence-electron chi connectivity index (χ0n) is 7.40. The molecule has 1 atom stereocenters. The van der Waals surface area contributed by atoms with E-state index in [1.165, 1.54) is 4.90 Å². The molecule has 0 aromatic heterocycles. The number of amides is 1. The molecule has 0 aliphatic carbocycles. The zero-order chi connectivity index (χ0) is 9.30. The van der Waals surface area contributed by atoms with Crippen LogP contribution in [0.3, 0.4) is 0 Å². The first-order valence-corrected chi connectivity index (χ1v) is 4.17. The fourth-order valence-electron chi connectivity index (χ4n) is 1.11. The van der Waals surface area contributed by atoms with Gasteiger partial charge in [-0.15, -0.1) is 0 Å². The summed E-state index contributed by atoms with van der Waals surface area (Å²) in [6, 6.07) is 0. The molecule has 1 saturated heterocycles. The maximum absolute atomic E-state index is 11.3. The molecule has 0 bridgehead atoms. The summed E-state index contributed by atoms with van der Waals surface area (Å²) in [4.78, 5) is 12.7. The SMILES string of the molecule is CC(C)[C@H](O)C(=O)N1CC(O)C1. The predicted molar refractivity (Wildman–Crippen MR) is 43.4 cm³/mol. The first-order valence-electron chi connectivity index (χ1n) is 4.17. The van der Waals surface area contributed by atoms with Crippen LogP contribution in [0, 0.1) is 5.92 Å². The van der Waals surface area contributed by atoms with Crippen LogP contribution in [0.5, 0.6) is 0 Å². The highest BCUT2D eigenvalue weighted by Gasteiger charge is 2.33. The summed E-state index contributed by atoms with van der Waals surface area (Å²) in [6.45, 7) is 4.31. The number of rotatable bonds is 2. The van der Waals surface area contributed by atoms with Crippen molar-refractivity contribution in [2.75, 3.05) is 13.1 Å². The Morgan fingerprint density at radius 2 is 2.00 bits per heavy atom. The highest BCUT2D eigenvalue weighted by Crippen LogP contribution is 2.12. The second-order valence-corrected chi connectivity index (χ2v) is 3.59. The summed E-state index contributed by atoms with van der Waals surface area (Å²) in [7, 11) is 0. The van der Waals surface area contributed by atoms with Crippen LogP contribution in [0.4, 0.5) is 0 Å². The van der Waals surface area contributed by atoms with Crippen molar-refractivity contribution in [2.24, 2.45) is 5.92 Å². The summed E-state index contributed by atoms with van der Waals surface area (Å²) < 4.78 is 0. The van der Waals surface area contributed by atoms with Gasteiger partial charge in [0, 0.05) is 13.1 Å². The smallest absolute Gasteiger partial charge is 0.251 e. The molecule has 1 aliphatic heterocycles. The summed E-state index contributed by atoms with van der Waals surface area (Å²) >= 11 is 0. The van der Waals surface area contributed by atoms with Gasteiger partial charge in [0.1, 0.15) is 6.10 Å². The van der Waals surface area contributed by atoms with Crippen molar-refractivity contribution in [1.82, 2.24) is 4.90 Å². The van der Waals surface area contributed by atoms with Crippen molar-refractivity contribution in [3.8, 4) is 0 Å². The van der Waals surface area contributed by atoms with Gasteiger partial charge in [-0.05, 0) is 5.92 Å². The van der Waals surface area contributed by atoms with Crippen LogP contribution in [-0.4, -0.2) is 46.3 Å². The third-order valence-corrected chi connectivity index (χ3v) is 2.06. The number of likely N-dealkylation sites (tertiary alicyclic amines) is 1. The molecule has 0 aromatic carbocycles. The lowest BCUT2D eigenvalue weighted by molar-refractivity contribution is -0.152. The quantitative estimate of drug-likeness (QED) is 0.575. The van der Waals surface area contributed by atoms with Crippen LogP contribution in [0.1, 0.15) is 13.8 Å². The Balaban J connectivity index is 2.38. The van der Waals surface area contributed by atoms with Crippen LogP contribution < -0.4 is 0 Å². The normalized spacial score (nSPS) is 20.9. The average molecular weight is 173 g/mol. The van der Waals surface area contributed by atoms with E-state index in [1.807, 2.05) is 0 Å². The van der Waals surface area contributed by atoms with Crippen LogP contribution in [-0.2, 0) is 4.79 Å². The number of hydrogen-bond donors (Lipinski definition) is 2. The molecule has 70 valence electrons. The molecule has 0 saturated carbocycles. The lowest BCUT2D eigenvalue weighted by Crippen LogP contribution is -2.57. The molecule has 4 nitrogen and oxygen atoms in total. The van der Waals surface area contributed by atoms with Gasteiger partial charge in [0.05, 0.1) is 6.10 Å². The van der Waals surface area contributed by atoms with Crippen molar-refractivity contribution in [1.29, 1.82) is 0 Å². The minimum absolute atomic E-state index is 0.0600. The Morgan fingerprint density at radius 1 is 1.50 bits per heavy atom. The molecule has 1 heterocycles. The number of carbonyl (C=O) groups excluding carboxylic acids is 1. The number of aliphatic hydroxyl groups excluding tert-OH is 2. The van der Waals surface area contributed by atoms with Crippen molar-refractivity contribution < 1.29 is 15.0 Å². The predicted octanol–water partition coefficient (Wildman–Crippen LogP) is -0.794. The molecule has 0 unspecified atom stereocenters. The Labute approximate surface area is 71.8 Å². The fourth-order valence-corrected chi connectivity index (χ4v) is 1.11. The standard InChI is InChI=1S/C8H15NO3/c1-5(2)7(11)8(12)9-3-6(10)4-9/h5-7,10-11H,3-4H2,1-2H3/t7-/m0/s1. The minimum Gasteiger partial charge on any atom is -0.389 e. The van der Waals surface area contributed by atoms with Gasteiger partial charge in [0.15, 0.2) is 0 Å². The van der Waals surface area contributed by atoms with Gasteiger partial charge in [-0.2, -0.15) is 0 Å². The van der Waals surface area contributed by atoms with Gasteiger partial charge in [-0.1, -0.05) is 13.8 Å². The largest absolute Gasteiger partial charge is 0.389 e. The van der Waals surface area contributed by atoms with Gasteiger partial charge in [0.2, 0.25) is 0 Å². The van der Waals surface area contributed by atoms with Crippen LogP contribution >= 0.6 is 0 Å². The number of hydrogen-bond acceptors (Lipinski definition) is 3. The van der Waals surface area contributed by atoms with Gasteiger partial charge < -0.3 is 15.1 Å². The van der Waals surface area contributed by atoms with Gasteiger partial charge >= 0.3 is 0 Å². The summed E-state index contributed by atoms with van der Waals surface area (Å²) in [5.74, 6) is -0.328. The second kappa shape index (κ2) is 3.41. The Hall–Kier alpha value is -0.610. The fraction of sp³-hybridized carbons (Fsp3) is 0.875. The molecule has 12 heavy (non-hydrogen) atoms. The van der Waals surface area contributed by atoms with E-state index < -0.39 is 12.2 Å². The Bertz CT molecular complexity index is 175. The topological polar surface area (TPSA) is 60.8 Å². The Morgan fingerprint density at radius 3 is 2.33 bits per heavy atom. The lowest BCUT2D eigenvalue weighted by atomic mass is 10.0. The lowest BCUT2D eigenvalue weighted by Gasteiger charge is -2.37. The molecule has 4 heteroatoms.